The number of aliphatic hydroxyl groups is 1. The number of cyclic esters (lactones) is 1. The Morgan fingerprint density at radius 3 is 2.07 bits per heavy atom. The molecule has 0 amide bonds. The molecule has 7 heteroatoms. The van der Waals surface area contributed by atoms with Gasteiger partial charge in [0.1, 0.15) is 11.4 Å². The number of rotatable bonds is 11. The summed E-state index contributed by atoms with van der Waals surface area (Å²) in [5, 5.41) is 22.8. The molecule has 220 valence electrons. The van der Waals surface area contributed by atoms with Gasteiger partial charge in [0.2, 0.25) is 0 Å². The molecule has 7 nitrogen and oxygen atoms in total. The minimum atomic E-state index is -1.05. The SMILES string of the molecule is CCC(C1=C(O)CC(CC)(c2cccc(N(Cc3ccccc3)Cc3ccccc3)c2)OC1=O)c1cccc([N+](=O)[O-])c1. The zero-order valence-electron chi connectivity index (χ0n) is 24.5. The highest BCUT2D eigenvalue weighted by atomic mass is 16.6. The normalized spacial score (nSPS) is 17.3. The van der Waals surface area contributed by atoms with Crippen LogP contribution in [0.25, 0.3) is 0 Å². The van der Waals surface area contributed by atoms with Gasteiger partial charge in [0.25, 0.3) is 5.69 Å². The first-order valence-electron chi connectivity index (χ1n) is 14.7. The van der Waals surface area contributed by atoms with Gasteiger partial charge in [0.05, 0.1) is 10.5 Å². The molecule has 0 aromatic heterocycles. The van der Waals surface area contributed by atoms with Gasteiger partial charge in [-0.2, -0.15) is 0 Å². The molecule has 1 aliphatic rings. The monoisotopic (exact) mass is 576 g/mol. The van der Waals surface area contributed by atoms with Crippen molar-refractivity contribution >= 4 is 17.3 Å². The van der Waals surface area contributed by atoms with E-state index in [-0.39, 0.29) is 23.4 Å². The zero-order valence-corrected chi connectivity index (χ0v) is 24.5. The van der Waals surface area contributed by atoms with Crippen LogP contribution in [-0.4, -0.2) is 16.0 Å². The number of hydrogen-bond acceptors (Lipinski definition) is 6. The number of non-ortho nitro benzene ring substituents is 1. The molecule has 1 heterocycles. The van der Waals surface area contributed by atoms with Crippen molar-refractivity contribution in [3.8, 4) is 0 Å². The fraction of sp³-hybridized carbons (Fsp3) is 0.250. The number of ether oxygens (including phenoxy) is 1. The summed E-state index contributed by atoms with van der Waals surface area (Å²) in [7, 11) is 0. The van der Waals surface area contributed by atoms with Gasteiger partial charge < -0.3 is 14.7 Å². The summed E-state index contributed by atoms with van der Waals surface area (Å²) in [6, 6.07) is 34.8. The fourth-order valence-corrected chi connectivity index (χ4v) is 5.95. The van der Waals surface area contributed by atoms with Crippen molar-refractivity contribution in [2.75, 3.05) is 4.90 Å². The van der Waals surface area contributed by atoms with Crippen molar-refractivity contribution in [3.63, 3.8) is 0 Å². The van der Waals surface area contributed by atoms with Crippen molar-refractivity contribution in [2.24, 2.45) is 0 Å². The van der Waals surface area contributed by atoms with Crippen LogP contribution in [0.4, 0.5) is 11.4 Å². The summed E-state index contributed by atoms with van der Waals surface area (Å²) < 4.78 is 6.24. The number of esters is 1. The van der Waals surface area contributed by atoms with E-state index >= 15 is 0 Å². The van der Waals surface area contributed by atoms with E-state index in [1.807, 2.05) is 62.4 Å². The van der Waals surface area contributed by atoms with Crippen molar-refractivity contribution in [3.05, 3.63) is 153 Å². The van der Waals surface area contributed by atoms with E-state index in [0.29, 0.717) is 31.5 Å². The average molecular weight is 577 g/mol. The standard InChI is InChI=1S/C36H36N2O5/c1-3-32(28-17-11-20-31(21-28)38(41)42)34-33(39)23-36(4-2,43-35(34)40)29-18-12-19-30(22-29)37(24-26-13-7-5-8-14-26)25-27-15-9-6-10-16-27/h5-22,32,39H,3-4,23-25H2,1-2H3. The van der Waals surface area contributed by atoms with Crippen LogP contribution in [0, 0.1) is 10.1 Å². The average Bonchev–Trinajstić information content (AvgIpc) is 3.03. The highest BCUT2D eigenvalue weighted by Crippen LogP contribution is 2.45. The number of anilines is 1. The topological polar surface area (TPSA) is 92.9 Å². The number of nitro groups is 1. The number of carbonyl (C=O) groups is 1. The number of nitro benzene ring substituents is 1. The van der Waals surface area contributed by atoms with Crippen LogP contribution in [0.2, 0.25) is 0 Å². The number of aliphatic hydroxyl groups excluding tert-OH is 1. The van der Waals surface area contributed by atoms with E-state index < -0.39 is 22.4 Å². The molecule has 0 saturated carbocycles. The first-order chi connectivity index (χ1) is 20.8. The van der Waals surface area contributed by atoms with E-state index in [2.05, 4.69) is 41.3 Å². The lowest BCUT2D eigenvalue weighted by molar-refractivity contribution is -0.384. The summed E-state index contributed by atoms with van der Waals surface area (Å²) in [4.78, 5) is 26.9. The van der Waals surface area contributed by atoms with Gasteiger partial charge in [0.15, 0.2) is 0 Å². The Morgan fingerprint density at radius 1 is 0.884 bits per heavy atom. The minimum absolute atomic E-state index is 0.0349. The first kappa shape index (κ1) is 29.6. The van der Waals surface area contributed by atoms with E-state index in [9.17, 15) is 20.0 Å². The molecule has 5 rings (SSSR count). The van der Waals surface area contributed by atoms with Gasteiger partial charge in [-0.3, -0.25) is 10.1 Å². The highest BCUT2D eigenvalue weighted by molar-refractivity contribution is 5.92. The second-order valence-corrected chi connectivity index (χ2v) is 11.0. The molecule has 1 N–H and O–H groups in total. The molecule has 43 heavy (non-hydrogen) atoms. The molecule has 0 aliphatic carbocycles. The lowest BCUT2D eigenvalue weighted by Crippen LogP contribution is -2.38. The van der Waals surface area contributed by atoms with Crippen LogP contribution in [0.5, 0.6) is 0 Å². The second kappa shape index (κ2) is 12.9. The quantitative estimate of drug-likeness (QED) is 0.110. The maximum absolute atomic E-state index is 13.7. The summed E-state index contributed by atoms with van der Waals surface area (Å²) in [6.45, 7) is 5.21. The Hall–Kier alpha value is -4.91. The second-order valence-electron chi connectivity index (χ2n) is 11.0. The first-order valence-corrected chi connectivity index (χ1v) is 14.7. The zero-order chi connectivity index (χ0) is 30.4. The largest absolute Gasteiger partial charge is 0.512 e. The van der Waals surface area contributed by atoms with Gasteiger partial charge in [-0.25, -0.2) is 4.79 Å². The molecule has 0 fully saturated rings. The molecule has 0 saturated heterocycles. The third-order valence-electron chi connectivity index (χ3n) is 8.25. The third kappa shape index (κ3) is 6.46. The van der Waals surface area contributed by atoms with E-state index in [1.165, 1.54) is 23.3 Å². The molecular formula is C36H36N2O5. The minimum Gasteiger partial charge on any atom is -0.512 e. The van der Waals surface area contributed by atoms with E-state index in [0.717, 1.165) is 11.3 Å². The van der Waals surface area contributed by atoms with Crippen LogP contribution >= 0.6 is 0 Å². The predicted octanol–water partition coefficient (Wildman–Crippen LogP) is 8.36. The van der Waals surface area contributed by atoms with Gasteiger partial charge in [0, 0.05) is 43.2 Å². The van der Waals surface area contributed by atoms with Crippen LogP contribution < -0.4 is 4.90 Å². The fourth-order valence-electron chi connectivity index (χ4n) is 5.95. The number of hydrogen-bond donors (Lipinski definition) is 1. The third-order valence-corrected chi connectivity index (χ3v) is 8.25. The van der Waals surface area contributed by atoms with E-state index in [4.69, 9.17) is 4.74 Å². The predicted molar refractivity (Wildman–Crippen MR) is 168 cm³/mol. The summed E-state index contributed by atoms with van der Waals surface area (Å²) in [5.41, 5.74) is 3.79. The molecule has 2 unspecified atom stereocenters. The lowest BCUT2D eigenvalue weighted by Gasteiger charge is -2.39. The Morgan fingerprint density at radius 2 is 1.51 bits per heavy atom. The smallest absolute Gasteiger partial charge is 0.338 e. The molecule has 0 bridgehead atoms. The maximum Gasteiger partial charge on any atom is 0.338 e. The molecule has 0 radical (unpaired) electrons. The molecule has 4 aromatic rings. The maximum atomic E-state index is 13.7. The van der Waals surface area contributed by atoms with Crippen molar-refractivity contribution < 1.29 is 19.6 Å². The number of carbonyl (C=O) groups excluding carboxylic acids is 1. The molecule has 1 aliphatic heterocycles. The van der Waals surface area contributed by atoms with Gasteiger partial charge in [-0.05, 0) is 47.2 Å². The van der Waals surface area contributed by atoms with E-state index in [1.54, 1.807) is 12.1 Å². The number of benzene rings is 4. The van der Waals surface area contributed by atoms with Crippen LogP contribution in [0.3, 0.4) is 0 Å². The summed E-state index contributed by atoms with van der Waals surface area (Å²) >= 11 is 0. The van der Waals surface area contributed by atoms with Gasteiger partial charge in [-0.1, -0.05) is 98.8 Å². The van der Waals surface area contributed by atoms with Crippen LogP contribution in [0.15, 0.2) is 121 Å². The van der Waals surface area contributed by atoms with Crippen LogP contribution in [-0.2, 0) is 28.2 Å². The lowest BCUT2D eigenvalue weighted by atomic mass is 9.79. The Kier molecular flexibility index (Phi) is 8.90. The summed E-state index contributed by atoms with van der Waals surface area (Å²) in [6.07, 6.45) is 1.06. The van der Waals surface area contributed by atoms with Crippen LogP contribution in [0.1, 0.15) is 61.3 Å². The van der Waals surface area contributed by atoms with Crippen molar-refractivity contribution in [2.45, 2.75) is 57.7 Å². The Labute approximate surface area is 252 Å². The Bertz CT molecular complexity index is 1580. The van der Waals surface area contributed by atoms with Gasteiger partial charge in [-0.15, -0.1) is 0 Å². The van der Waals surface area contributed by atoms with Gasteiger partial charge >= 0.3 is 5.97 Å². The molecular weight excluding hydrogens is 540 g/mol. The molecule has 4 aromatic carbocycles. The molecule has 0 spiro atoms. The summed E-state index contributed by atoms with van der Waals surface area (Å²) in [5.74, 6) is -1.16. The number of nitrogens with zero attached hydrogens (tertiary/aromatic N) is 2. The molecule has 2 atom stereocenters. The Balaban J connectivity index is 1.49. The highest BCUT2D eigenvalue weighted by Gasteiger charge is 2.44. The van der Waals surface area contributed by atoms with Crippen molar-refractivity contribution in [1.29, 1.82) is 0 Å². The van der Waals surface area contributed by atoms with Crippen molar-refractivity contribution in [1.82, 2.24) is 0 Å².